The van der Waals surface area contributed by atoms with Crippen LogP contribution in [-0.2, 0) is 65.4 Å². The van der Waals surface area contributed by atoms with Gasteiger partial charge in [-0.15, -0.1) is 0 Å². The molecule has 0 radical (unpaired) electrons. The van der Waals surface area contributed by atoms with E-state index in [1.54, 1.807) is 6.08 Å². The van der Waals surface area contributed by atoms with Crippen molar-refractivity contribution in [1.29, 1.82) is 0 Å². The van der Waals surface area contributed by atoms with E-state index in [1.807, 2.05) is 36.5 Å². The van der Waals surface area contributed by atoms with Crippen molar-refractivity contribution in [2.45, 2.75) is 264 Å². The molecule has 0 aromatic heterocycles. The predicted octanol–water partition coefficient (Wildman–Crippen LogP) is 21.8. The number of rotatable bonds is 68. The van der Waals surface area contributed by atoms with Crippen LogP contribution in [0.3, 0.4) is 0 Å². The van der Waals surface area contributed by atoms with Gasteiger partial charge in [-0.1, -0.05) is 267 Å². The van der Waals surface area contributed by atoms with Crippen LogP contribution in [0.2, 0.25) is 0 Å². The molecule has 0 saturated carbocycles. The van der Waals surface area contributed by atoms with Crippen molar-refractivity contribution in [3.63, 3.8) is 0 Å². The van der Waals surface area contributed by atoms with Crippen molar-refractivity contribution in [1.82, 2.24) is 0 Å². The van der Waals surface area contributed by atoms with Gasteiger partial charge in [-0.2, -0.15) is 0 Å². The van der Waals surface area contributed by atoms with Gasteiger partial charge in [0.25, 0.3) is 0 Å². The maximum absolute atomic E-state index is 13.1. The summed E-state index contributed by atoms with van der Waals surface area (Å²) in [4.78, 5) is 72.7. The molecule has 19 heteroatoms. The third-order valence-corrected chi connectivity index (χ3v) is 16.5. The van der Waals surface area contributed by atoms with Crippen LogP contribution in [0, 0.1) is 0 Å². The standard InChI is InChI=1S/C83H130O17P2/c1-5-9-13-17-21-25-29-32-35-37-38-40-42-45-49-52-56-60-64-68-81(86)94-74-79(100-83(88)70-66-62-58-54-50-46-43-39-36-33-30-26-22-18-14-10-6-2)76-98-102(91,92)96-72-77(84)71-95-101(89,90)97-75-78(99-82(87)69-65-61-57-53-47-28-24-20-16-12-8-4)73-93-80(85)67-63-59-55-51-48-44-41-34-31-27-23-19-15-11-7-3/h9-11,13-15,20-27,32-36,38,40-41,43,45-46,48-49,51,56,59-60,63,77-79,84H,5-8,12,16-19,28-31,37,39,42,44,47,50,52-55,57-58,61-62,64-76H2,1-4H3,(H,89,90)(H,91,92)/b13-9-,14-10-,15-11-,24-20-,25-21-,26-22-,27-23-,35-32-,36-33-,40-38-,41-34-,46-43-,49-45-,51-48-,60-56-,63-59-. The summed E-state index contributed by atoms with van der Waals surface area (Å²) < 4.78 is 68.2. The number of aliphatic hydroxyl groups is 1. The summed E-state index contributed by atoms with van der Waals surface area (Å²) in [5.74, 6) is -2.48. The van der Waals surface area contributed by atoms with Crippen molar-refractivity contribution in [2.75, 3.05) is 39.6 Å². The number of carbonyl (C=O) groups excluding carboxylic acids is 4. The lowest BCUT2D eigenvalue weighted by Gasteiger charge is -2.21. The number of phosphoric acid groups is 2. The first-order valence-corrected chi connectivity index (χ1v) is 40.7. The highest BCUT2D eigenvalue weighted by Gasteiger charge is 2.30. The summed E-state index contributed by atoms with van der Waals surface area (Å²) in [5.41, 5.74) is 0. The average molecular weight is 1460 g/mol. The summed E-state index contributed by atoms with van der Waals surface area (Å²) >= 11 is 0. The monoisotopic (exact) mass is 1460 g/mol. The van der Waals surface area contributed by atoms with E-state index in [9.17, 15) is 43.2 Å². The molecule has 0 spiro atoms. The fourth-order valence-corrected chi connectivity index (χ4v) is 10.5. The van der Waals surface area contributed by atoms with Gasteiger partial charge in [0.2, 0.25) is 0 Å². The van der Waals surface area contributed by atoms with E-state index in [0.29, 0.717) is 32.1 Å². The number of hydrogen-bond donors (Lipinski definition) is 3. The smallest absolute Gasteiger partial charge is 0.462 e. The van der Waals surface area contributed by atoms with Gasteiger partial charge in [0.05, 0.1) is 32.8 Å². The molecule has 0 aromatic carbocycles. The second kappa shape index (κ2) is 73.2. The average Bonchev–Trinajstić information content (AvgIpc) is 0.921. The van der Waals surface area contributed by atoms with Crippen LogP contribution in [0.1, 0.15) is 246 Å². The van der Waals surface area contributed by atoms with Crippen molar-refractivity contribution in [2.24, 2.45) is 0 Å². The maximum atomic E-state index is 13.1. The fourth-order valence-electron chi connectivity index (χ4n) is 8.94. The Morgan fingerprint density at radius 1 is 0.294 bits per heavy atom. The Morgan fingerprint density at radius 3 is 0.922 bits per heavy atom. The molecule has 0 bridgehead atoms. The second-order valence-electron chi connectivity index (χ2n) is 24.1. The van der Waals surface area contributed by atoms with Gasteiger partial charge in [0, 0.05) is 19.3 Å². The molecule has 0 aliphatic carbocycles. The van der Waals surface area contributed by atoms with Crippen LogP contribution in [0.15, 0.2) is 194 Å². The molecule has 0 saturated heterocycles. The summed E-state index contributed by atoms with van der Waals surface area (Å²) in [6, 6.07) is 0. The van der Waals surface area contributed by atoms with Gasteiger partial charge in [-0.25, -0.2) is 9.13 Å². The lowest BCUT2D eigenvalue weighted by molar-refractivity contribution is -0.161. The lowest BCUT2D eigenvalue weighted by Crippen LogP contribution is -2.30. The molecule has 0 fully saturated rings. The van der Waals surface area contributed by atoms with E-state index in [2.05, 4.69) is 180 Å². The van der Waals surface area contributed by atoms with E-state index in [0.717, 1.165) is 154 Å². The molecule has 574 valence electrons. The lowest BCUT2D eigenvalue weighted by atomic mass is 10.1. The Hall–Kier alpha value is -6.10. The number of esters is 4. The molecular weight excluding hydrogens is 1330 g/mol. The van der Waals surface area contributed by atoms with Crippen LogP contribution < -0.4 is 0 Å². The first-order valence-electron chi connectivity index (χ1n) is 37.7. The number of phosphoric ester groups is 2. The normalized spacial score (nSPS) is 15.0. The Kier molecular flexibility index (Phi) is 68.8. The zero-order valence-corrected chi connectivity index (χ0v) is 64.2. The molecule has 5 atom stereocenters. The van der Waals surface area contributed by atoms with Gasteiger partial charge in [0.1, 0.15) is 19.3 Å². The molecule has 0 heterocycles. The van der Waals surface area contributed by atoms with Gasteiger partial charge in [-0.05, 0) is 148 Å². The Balaban J connectivity index is 5.52. The summed E-state index contributed by atoms with van der Waals surface area (Å²) in [5, 5.41) is 10.6. The molecule has 5 unspecified atom stereocenters. The Bertz CT molecular complexity index is 2700. The minimum Gasteiger partial charge on any atom is -0.462 e. The van der Waals surface area contributed by atoms with Crippen molar-refractivity contribution >= 4 is 39.5 Å². The molecule has 17 nitrogen and oxygen atoms in total. The number of carbonyl (C=O) groups is 4. The van der Waals surface area contributed by atoms with Crippen LogP contribution in [0.5, 0.6) is 0 Å². The first-order chi connectivity index (χ1) is 49.7. The van der Waals surface area contributed by atoms with Crippen LogP contribution in [0.25, 0.3) is 0 Å². The summed E-state index contributed by atoms with van der Waals surface area (Å²) in [6.45, 7) is 4.20. The van der Waals surface area contributed by atoms with Gasteiger partial charge < -0.3 is 33.8 Å². The van der Waals surface area contributed by atoms with Crippen molar-refractivity contribution in [3.8, 4) is 0 Å². The van der Waals surface area contributed by atoms with Gasteiger partial charge in [-0.3, -0.25) is 37.3 Å². The molecule has 0 aliphatic rings. The number of aliphatic hydroxyl groups excluding tert-OH is 1. The van der Waals surface area contributed by atoms with E-state index >= 15 is 0 Å². The molecule has 3 N–H and O–H groups in total. The first kappa shape index (κ1) is 95.9. The number of hydrogen-bond acceptors (Lipinski definition) is 15. The minimum atomic E-state index is -5.01. The number of unbranched alkanes of at least 4 members (excludes halogenated alkanes) is 11. The van der Waals surface area contributed by atoms with E-state index in [4.69, 9.17) is 37.0 Å². The highest BCUT2D eigenvalue weighted by atomic mass is 31.2. The van der Waals surface area contributed by atoms with E-state index in [1.165, 1.54) is 6.42 Å². The minimum absolute atomic E-state index is 0.0204. The number of allylic oxidation sites excluding steroid dienone is 31. The predicted molar refractivity (Wildman–Crippen MR) is 417 cm³/mol. The molecule has 102 heavy (non-hydrogen) atoms. The summed E-state index contributed by atoms with van der Waals surface area (Å²) in [7, 11) is -10.0. The Labute approximate surface area is 615 Å². The van der Waals surface area contributed by atoms with Crippen LogP contribution in [-0.4, -0.2) is 96.7 Å². The number of ether oxygens (including phenoxy) is 4. The summed E-state index contributed by atoms with van der Waals surface area (Å²) in [6.07, 6.45) is 89.1. The molecule has 0 rings (SSSR count). The zero-order chi connectivity index (χ0) is 74.6. The molecule has 0 amide bonds. The van der Waals surface area contributed by atoms with Crippen molar-refractivity contribution < 1.29 is 80.2 Å². The highest BCUT2D eigenvalue weighted by Crippen LogP contribution is 2.45. The Morgan fingerprint density at radius 2 is 0.569 bits per heavy atom. The third-order valence-electron chi connectivity index (χ3n) is 14.6. The SMILES string of the molecule is CC/C=C\C/C=C\C/C=C\C/C=C\C/C=C\C/C=C\CCC(=O)OCC(COP(=O)(O)OCC(O)COP(=O)(O)OCC(COC(=O)C/C=C\C/C=C\C/C=C\C/C=C\C/C=C\CC)OC(=O)CCCCCCC/C=C\CCCC)OC(=O)CCCCCC/C=C\C/C=C\C/C=C\C/C=C\CC. The molecular formula is C83H130O17P2. The maximum Gasteiger partial charge on any atom is 0.472 e. The van der Waals surface area contributed by atoms with Crippen LogP contribution in [0.4, 0.5) is 0 Å². The molecule has 0 aromatic rings. The topological polar surface area (TPSA) is 237 Å². The molecule has 0 aliphatic heterocycles. The largest absolute Gasteiger partial charge is 0.472 e. The van der Waals surface area contributed by atoms with E-state index in [-0.39, 0.29) is 25.7 Å². The van der Waals surface area contributed by atoms with E-state index < -0.39 is 97.5 Å². The highest BCUT2D eigenvalue weighted by molar-refractivity contribution is 7.47. The third kappa shape index (κ3) is 72.3. The quantitative estimate of drug-likeness (QED) is 0.0169. The van der Waals surface area contributed by atoms with Crippen LogP contribution >= 0.6 is 15.6 Å². The van der Waals surface area contributed by atoms with Crippen molar-refractivity contribution in [3.05, 3.63) is 194 Å². The second-order valence-corrected chi connectivity index (χ2v) is 27.0. The van der Waals surface area contributed by atoms with Gasteiger partial charge in [0.15, 0.2) is 12.2 Å². The zero-order valence-electron chi connectivity index (χ0n) is 62.4. The van der Waals surface area contributed by atoms with Gasteiger partial charge >= 0.3 is 39.5 Å². The fraction of sp³-hybridized carbons (Fsp3) is 0.566.